The molecule has 0 spiro atoms. The van der Waals surface area contributed by atoms with E-state index in [2.05, 4.69) is 5.32 Å². The molecular weight excluding hydrogens is 275 g/mol. The Hall–Kier alpha value is -1.51. The van der Waals surface area contributed by atoms with Crippen molar-refractivity contribution in [3.05, 3.63) is 29.1 Å². The van der Waals surface area contributed by atoms with Gasteiger partial charge in [-0.3, -0.25) is 4.79 Å². The molecule has 0 aromatic heterocycles. The number of hydrogen-bond acceptors (Lipinski definition) is 4. The first-order valence-corrected chi connectivity index (χ1v) is 6.92. The molecule has 1 aromatic carbocycles. The quantitative estimate of drug-likeness (QED) is 0.754. The maximum Gasteiger partial charge on any atom is 0.251 e. The molecule has 0 atom stereocenters. The molecule has 1 amide bonds. The predicted molar refractivity (Wildman–Crippen MR) is 66.7 cm³/mol. The fourth-order valence-electron chi connectivity index (χ4n) is 1.44. The third-order valence-electron chi connectivity index (χ3n) is 2.38. The van der Waals surface area contributed by atoms with Crippen molar-refractivity contribution in [2.45, 2.75) is 11.8 Å². The van der Waals surface area contributed by atoms with Crippen LogP contribution < -0.4 is 10.5 Å². The van der Waals surface area contributed by atoms with E-state index in [4.69, 9.17) is 9.88 Å². The lowest BCUT2D eigenvalue weighted by atomic mass is 10.1. The molecule has 0 saturated heterocycles. The average molecular weight is 290 g/mol. The molecule has 0 aliphatic rings. The molecule has 1 rings (SSSR count). The van der Waals surface area contributed by atoms with Gasteiger partial charge in [-0.1, -0.05) is 0 Å². The van der Waals surface area contributed by atoms with Crippen molar-refractivity contribution < 1.29 is 22.3 Å². The summed E-state index contributed by atoms with van der Waals surface area (Å²) in [4.78, 5) is 11.0. The van der Waals surface area contributed by atoms with Gasteiger partial charge in [0.15, 0.2) is 0 Å². The Bertz CT molecular complexity index is 587. The lowest BCUT2D eigenvalue weighted by Gasteiger charge is -2.09. The first-order valence-electron chi connectivity index (χ1n) is 5.37. The van der Waals surface area contributed by atoms with E-state index in [-0.39, 0.29) is 17.7 Å². The number of ether oxygens (including phenoxy) is 1. The van der Waals surface area contributed by atoms with Gasteiger partial charge in [-0.2, -0.15) is 0 Å². The van der Waals surface area contributed by atoms with Crippen LogP contribution in [0, 0.1) is 12.7 Å². The molecule has 0 heterocycles. The van der Waals surface area contributed by atoms with Gasteiger partial charge in [-0.25, -0.2) is 17.9 Å². The van der Waals surface area contributed by atoms with Gasteiger partial charge >= 0.3 is 0 Å². The molecule has 3 N–H and O–H groups in total. The van der Waals surface area contributed by atoms with Crippen LogP contribution >= 0.6 is 0 Å². The zero-order chi connectivity index (χ0) is 14.6. The maximum absolute atomic E-state index is 13.6. The van der Waals surface area contributed by atoms with E-state index in [0.717, 1.165) is 6.07 Å². The van der Waals surface area contributed by atoms with Gasteiger partial charge in [-0.05, 0) is 24.6 Å². The van der Waals surface area contributed by atoms with Crippen molar-refractivity contribution in [1.82, 2.24) is 5.32 Å². The standard InChI is InChI=1S/C11H15FN2O4S/c1-7-5-8(11(15)14-3-4-18-2)6-9(10(7)12)19(13,16)17/h5-6H,3-4H2,1-2H3,(H,14,15)(H2,13,16,17). The predicted octanol–water partition coefficient (Wildman–Crippen LogP) is 0.158. The highest BCUT2D eigenvalue weighted by atomic mass is 32.2. The van der Waals surface area contributed by atoms with E-state index < -0.39 is 26.6 Å². The topological polar surface area (TPSA) is 98.5 Å². The van der Waals surface area contributed by atoms with Crippen molar-refractivity contribution in [1.29, 1.82) is 0 Å². The van der Waals surface area contributed by atoms with Crippen LogP contribution in [0.25, 0.3) is 0 Å². The average Bonchev–Trinajstić information content (AvgIpc) is 2.31. The SMILES string of the molecule is COCCNC(=O)c1cc(C)c(F)c(S(N)(=O)=O)c1. The number of primary sulfonamides is 1. The summed E-state index contributed by atoms with van der Waals surface area (Å²) in [7, 11) is -2.74. The number of nitrogens with two attached hydrogens (primary N) is 1. The molecule has 0 radical (unpaired) electrons. The summed E-state index contributed by atoms with van der Waals surface area (Å²) >= 11 is 0. The Morgan fingerprint density at radius 2 is 2.11 bits per heavy atom. The molecule has 0 fully saturated rings. The van der Waals surface area contributed by atoms with E-state index in [1.807, 2.05) is 0 Å². The minimum atomic E-state index is -4.22. The van der Waals surface area contributed by atoms with Crippen LogP contribution in [-0.2, 0) is 14.8 Å². The molecule has 0 unspecified atom stereocenters. The number of sulfonamides is 1. The van der Waals surface area contributed by atoms with Crippen molar-refractivity contribution in [2.75, 3.05) is 20.3 Å². The fraction of sp³-hybridized carbons (Fsp3) is 0.364. The Labute approximate surface area is 110 Å². The Morgan fingerprint density at radius 1 is 1.47 bits per heavy atom. The number of rotatable bonds is 5. The van der Waals surface area contributed by atoms with Gasteiger partial charge in [0.05, 0.1) is 6.61 Å². The third-order valence-corrected chi connectivity index (χ3v) is 3.29. The zero-order valence-corrected chi connectivity index (χ0v) is 11.4. The van der Waals surface area contributed by atoms with Crippen LogP contribution in [-0.4, -0.2) is 34.6 Å². The number of carbonyl (C=O) groups is 1. The van der Waals surface area contributed by atoms with Crippen molar-refractivity contribution in [3.8, 4) is 0 Å². The first kappa shape index (κ1) is 15.5. The summed E-state index contributed by atoms with van der Waals surface area (Å²) in [6, 6.07) is 2.17. The van der Waals surface area contributed by atoms with Crippen LogP contribution in [0.15, 0.2) is 17.0 Å². The van der Waals surface area contributed by atoms with E-state index in [1.54, 1.807) is 0 Å². The molecule has 8 heteroatoms. The first-order chi connectivity index (χ1) is 8.77. The number of hydrogen-bond donors (Lipinski definition) is 2. The minimum Gasteiger partial charge on any atom is -0.383 e. The molecule has 0 saturated carbocycles. The molecule has 0 bridgehead atoms. The van der Waals surface area contributed by atoms with Crippen molar-refractivity contribution in [2.24, 2.45) is 5.14 Å². The normalized spacial score (nSPS) is 11.4. The number of benzene rings is 1. The minimum absolute atomic E-state index is 0.0269. The Kier molecular flexibility index (Phi) is 4.98. The van der Waals surface area contributed by atoms with E-state index >= 15 is 0 Å². The summed E-state index contributed by atoms with van der Waals surface area (Å²) in [6.07, 6.45) is 0. The lowest BCUT2D eigenvalue weighted by Crippen LogP contribution is -2.27. The van der Waals surface area contributed by atoms with Gasteiger partial charge < -0.3 is 10.1 Å². The van der Waals surface area contributed by atoms with Gasteiger partial charge in [0.2, 0.25) is 10.0 Å². The fourth-order valence-corrected chi connectivity index (χ4v) is 2.15. The van der Waals surface area contributed by atoms with Gasteiger partial charge in [0.25, 0.3) is 5.91 Å². The number of nitrogens with one attached hydrogen (secondary N) is 1. The van der Waals surface area contributed by atoms with E-state index in [0.29, 0.717) is 6.61 Å². The summed E-state index contributed by atoms with van der Waals surface area (Å²) in [6.45, 7) is 1.93. The van der Waals surface area contributed by atoms with Crippen LogP contribution in [0.4, 0.5) is 4.39 Å². The maximum atomic E-state index is 13.6. The van der Waals surface area contributed by atoms with Gasteiger partial charge in [0, 0.05) is 19.2 Å². The molecule has 106 valence electrons. The second-order valence-corrected chi connectivity index (χ2v) is 5.43. The molecule has 1 aromatic rings. The Morgan fingerprint density at radius 3 is 2.63 bits per heavy atom. The second-order valence-electron chi connectivity index (χ2n) is 3.90. The van der Waals surface area contributed by atoms with E-state index in [9.17, 15) is 17.6 Å². The van der Waals surface area contributed by atoms with Crippen molar-refractivity contribution >= 4 is 15.9 Å². The molecule has 6 nitrogen and oxygen atoms in total. The summed E-state index contributed by atoms with van der Waals surface area (Å²) in [5, 5.41) is 7.40. The summed E-state index contributed by atoms with van der Waals surface area (Å²) in [5.41, 5.74) is 0.0578. The molecule has 0 aliphatic heterocycles. The number of carbonyl (C=O) groups excluding carboxylic acids is 1. The number of halogens is 1. The smallest absolute Gasteiger partial charge is 0.251 e. The molecule has 0 aliphatic carbocycles. The highest BCUT2D eigenvalue weighted by Crippen LogP contribution is 2.19. The van der Waals surface area contributed by atoms with Crippen LogP contribution in [0.1, 0.15) is 15.9 Å². The second kappa shape index (κ2) is 6.09. The number of aryl methyl sites for hydroxylation is 1. The van der Waals surface area contributed by atoms with Gasteiger partial charge in [-0.15, -0.1) is 0 Å². The monoisotopic (exact) mass is 290 g/mol. The zero-order valence-electron chi connectivity index (χ0n) is 10.6. The van der Waals surface area contributed by atoms with Crippen LogP contribution in [0.2, 0.25) is 0 Å². The lowest BCUT2D eigenvalue weighted by molar-refractivity contribution is 0.0936. The largest absolute Gasteiger partial charge is 0.383 e. The van der Waals surface area contributed by atoms with E-state index in [1.165, 1.54) is 20.1 Å². The highest BCUT2D eigenvalue weighted by molar-refractivity contribution is 7.89. The number of amides is 1. The highest BCUT2D eigenvalue weighted by Gasteiger charge is 2.19. The van der Waals surface area contributed by atoms with Crippen LogP contribution in [0.5, 0.6) is 0 Å². The van der Waals surface area contributed by atoms with Crippen molar-refractivity contribution in [3.63, 3.8) is 0 Å². The third kappa shape index (κ3) is 3.98. The molecular formula is C11H15FN2O4S. The summed E-state index contributed by atoms with van der Waals surface area (Å²) in [5.74, 6) is -1.47. The molecule has 19 heavy (non-hydrogen) atoms. The number of methoxy groups -OCH3 is 1. The summed E-state index contributed by atoms with van der Waals surface area (Å²) < 4.78 is 40.8. The van der Waals surface area contributed by atoms with Gasteiger partial charge in [0.1, 0.15) is 10.7 Å². The Balaban J connectivity index is 3.11. The van der Waals surface area contributed by atoms with Crippen LogP contribution in [0.3, 0.4) is 0 Å².